The molecule has 2 aliphatic rings. The number of nitriles is 1. The fraction of sp³-hybridized carbons (Fsp3) is 0.579. The molecule has 2 aromatic heterocycles. The minimum absolute atomic E-state index is 0.0650. The number of sulfonamides is 1. The topological polar surface area (TPSA) is 121 Å². The molecule has 1 aliphatic heterocycles. The zero-order chi connectivity index (χ0) is 22.4. The van der Waals surface area contributed by atoms with E-state index in [1.807, 2.05) is 6.07 Å². The fourth-order valence-electron chi connectivity index (χ4n) is 4.27. The smallest absolute Gasteiger partial charge is 0.270 e. The van der Waals surface area contributed by atoms with Crippen LogP contribution in [0.25, 0.3) is 11.0 Å². The predicted octanol–water partition coefficient (Wildman–Crippen LogP) is 1.86. The highest BCUT2D eigenvalue weighted by molar-refractivity contribution is 7.88. The van der Waals surface area contributed by atoms with E-state index in [-0.39, 0.29) is 36.0 Å². The van der Waals surface area contributed by atoms with Crippen molar-refractivity contribution < 1.29 is 17.2 Å². The van der Waals surface area contributed by atoms with Crippen LogP contribution in [-0.4, -0.2) is 58.6 Å². The van der Waals surface area contributed by atoms with E-state index >= 15 is 0 Å². The number of piperidine rings is 1. The summed E-state index contributed by atoms with van der Waals surface area (Å²) in [7, 11) is -3.24. The number of nitrogens with one attached hydrogen (secondary N) is 1. The summed E-state index contributed by atoms with van der Waals surface area (Å²) in [4.78, 5) is 21.5. The Balaban J connectivity index is 1.65. The Bertz CT molecular complexity index is 1220. The van der Waals surface area contributed by atoms with E-state index in [4.69, 9.17) is 0 Å². The van der Waals surface area contributed by atoms with Gasteiger partial charge < -0.3 is 5.32 Å². The van der Waals surface area contributed by atoms with Crippen LogP contribution in [0, 0.1) is 11.3 Å². The van der Waals surface area contributed by atoms with Gasteiger partial charge in [0.1, 0.15) is 17.3 Å². The Kier molecular flexibility index (Phi) is 5.43. The highest BCUT2D eigenvalue weighted by atomic mass is 32.2. The number of halogens is 2. The Morgan fingerprint density at radius 1 is 1.29 bits per heavy atom. The fourth-order valence-corrected chi connectivity index (χ4v) is 5.14. The molecule has 3 heterocycles. The van der Waals surface area contributed by atoms with Crippen molar-refractivity contribution in [1.82, 2.24) is 18.8 Å². The SMILES string of the molecule is CS(=O)(=O)N1CCC(Nc2ncc3cc(C#N)c(=O)n([C@@H]4CCC(F)(F)C4)c3n2)CC1. The number of fused-ring (bicyclic) bond motifs is 1. The second-order valence-corrected chi connectivity index (χ2v) is 10.1. The van der Waals surface area contributed by atoms with Gasteiger partial charge in [-0.1, -0.05) is 0 Å². The maximum Gasteiger partial charge on any atom is 0.270 e. The molecule has 2 fully saturated rings. The summed E-state index contributed by atoms with van der Waals surface area (Å²) in [5.74, 6) is -2.63. The summed E-state index contributed by atoms with van der Waals surface area (Å²) >= 11 is 0. The van der Waals surface area contributed by atoms with Crippen molar-refractivity contribution in [3.63, 3.8) is 0 Å². The predicted molar refractivity (Wildman–Crippen MR) is 109 cm³/mol. The summed E-state index contributed by atoms with van der Waals surface area (Å²) in [6, 6.07) is 2.38. The average Bonchev–Trinajstić information content (AvgIpc) is 3.06. The molecule has 0 unspecified atom stereocenters. The van der Waals surface area contributed by atoms with Crippen LogP contribution in [0.15, 0.2) is 17.1 Å². The maximum absolute atomic E-state index is 13.8. The molecule has 2 aromatic rings. The first kappa shape index (κ1) is 21.6. The number of aromatic nitrogens is 3. The van der Waals surface area contributed by atoms with Crippen molar-refractivity contribution in [3.8, 4) is 6.07 Å². The van der Waals surface area contributed by atoms with E-state index in [2.05, 4.69) is 15.3 Å². The second kappa shape index (κ2) is 7.80. The van der Waals surface area contributed by atoms with Gasteiger partial charge in [0.15, 0.2) is 0 Å². The van der Waals surface area contributed by atoms with Gasteiger partial charge in [0.05, 0.1) is 6.26 Å². The molecular formula is C19H22F2N6O3S. The van der Waals surface area contributed by atoms with Crippen LogP contribution in [0.4, 0.5) is 14.7 Å². The lowest BCUT2D eigenvalue weighted by Crippen LogP contribution is -2.42. The number of pyridine rings is 1. The minimum atomic E-state index is -3.24. The monoisotopic (exact) mass is 452 g/mol. The van der Waals surface area contributed by atoms with Crippen molar-refractivity contribution in [2.45, 2.75) is 50.1 Å². The molecule has 1 aliphatic carbocycles. The highest BCUT2D eigenvalue weighted by Gasteiger charge is 2.41. The van der Waals surface area contributed by atoms with Crippen LogP contribution >= 0.6 is 0 Å². The number of rotatable bonds is 4. The summed E-state index contributed by atoms with van der Waals surface area (Å²) in [5, 5.41) is 12.9. The minimum Gasteiger partial charge on any atom is -0.351 e. The van der Waals surface area contributed by atoms with Crippen LogP contribution in [-0.2, 0) is 10.0 Å². The van der Waals surface area contributed by atoms with Gasteiger partial charge in [-0.25, -0.2) is 26.5 Å². The first-order valence-corrected chi connectivity index (χ1v) is 11.8. The van der Waals surface area contributed by atoms with E-state index in [1.54, 1.807) is 0 Å². The zero-order valence-corrected chi connectivity index (χ0v) is 17.7. The third-order valence-corrected chi connectivity index (χ3v) is 7.20. The van der Waals surface area contributed by atoms with Gasteiger partial charge in [0, 0.05) is 49.6 Å². The van der Waals surface area contributed by atoms with Crippen molar-refractivity contribution in [3.05, 3.63) is 28.2 Å². The van der Waals surface area contributed by atoms with E-state index in [0.29, 0.717) is 31.3 Å². The number of nitrogens with zero attached hydrogens (tertiary/aromatic N) is 5. The van der Waals surface area contributed by atoms with Crippen molar-refractivity contribution in [2.24, 2.45) is 0 Å². The molecule has 166 valence electrons. The lowest BCUT2D eigenvalue weighted by Gasteiger charge is -2.30. The summed E-state index contributed by atoms with van der Waals surface area (Å²) < 4.78 is 53.6. The molecule has 0 bridgehead atoms. The number of alkyl halides is 2. The number of anilines is 1. The third-order valence-electron chi connectivity index (χ3n) is 5.89. The molecule has 0 radical (unpaired) electrons. The van der Waals surface area contributed by atoms with Gasteiger partial charge in [-0.2, -0.15) is 10.2 Å². The summed E-state index contributed by atoms with van der Waals surface area (Å²) in [6.45, 7) is 0.745. The first-order chi connectivity index (χ1) is 14.6. The molecular weight excluding hydrogens is 430 g/mol. The molecule has 31 heavy (non-hydrogen) atoms. The van der Waals surface area contributed by atoms with Crippen molar-refractivity contribution in [2.75, 3.05) is 24.7 Å². The van der Waals surface area contributed by atoms with Gasteiger partial charge in [0.25, 0.3) is 5.56 Å². The normalized spacial score (nSPS) is 22.5. The third kappa shape index (κ3) is 4.38. The average molecular weight is 452 g/mol. The quantitative estimate of drug-likeness (QED) is 0.752. The van der Waals surface area contributed by atoms with Crippen LogP contribution in [0.5, 0.6) is 0 Å². The van der Waals surface area contributed by atoms with Crippen LogP contribution < -0.4 is 10.9 Å². The highest BCUT2D eigenvalue weighted by Crippen LogP contribution is 2.41. The van der Waals surface area contributed by atoms with E-state index < -0.39 is 34.0 Å². The number of hydrogen-bond donors (Lipinski definition) is 1. The lowest BCUT2D eigenvalue weighted by molar-refractivity contribution is 0.00566. The first-order valence-electron chi connectivity index (χ1n) is 9.99. The molecule has 9 nitrogen and oxygen atoms in total. The van der Waals surface area contributed by atoms with Gasteiger partial charge >= 0.3 is 0 Å². The summed E-state index contributed by atoms with van der Waals surface area (Å²) in [6.07, 6.45) is 3.07. The van der Waals surface area contributed by atoms with Gasteiger partial charge in [-0.05, 0) is 25.3 Å². The van der Waals surface area contributed by atoms with Gasteiger partial charge in [-0.3, -0.25) is 9.36 Å². The van der Waals surface area contributed by atoms with Crippen molar-refractivity contribution in [1.29, 1.82) is 5.26 Å². The molecule has 0 spiro atoms. The zero-order valence-electron chi connectivity index (χ0n) is 16.9. The molecule has 1 atom stereocenters. The molecule has 0 amide bonds. The van der Waals surface area contributed by atoms with E-state index in [1.165, 1.54) is 27.4 Å². The lowest BCUT2D eigenvalue weighted by atomic mass is 10.1. The Labute approximate surface area is 177 Å². The molecule has 12 heteroatoms. The molecule has 1 saturated carbocycles. The number of hydrogen-bond acceptors (Lipinski definition) is 7. The largest absolute Gasteiger partial charge is 0.351 e. The Hall–Kier alpha value is -2.65. The van der Waals surface area contributed by atoms with Crippen LogP contribution in [0.3, 0.4) is 0 Å². The maximum atomic E-state index is 13.8. The van der Waals surface area contributed by atoms with Crippen molar-refractivity contribution >= 4 is 27.0 Å². The molecule has 4 rings (SSSR count). The molecule has 0 aromatic carbocycles. The van der Waals surface area contributed by atoms with Crippen LogP contribution in [0.2, 0.25) is 0 Å². The van der Waals surface area contributed by atoms with E-state index in [0.717, 1.165) is 0 Å². The Morgan fingerprint density at radius 2 is 2.00 bits per heavy atom. The van der Waals surface area contributed by atoms with E-state index in [9.17, 15) is 27.3 Å². The standard InChI is InChI=1S/C19H22F2N6O3S/c1-31(29,30)26-6-3-14(4-7-26)24-18-23-11-13-8-12(10-22)17(28)27(16(13)25-18)15-2-5-19(20,21)9-15/h8,11,14-15H,2-7,9H2,1H3,(H,23,24,25)/t15-/m1/s1. The van der Waals surface area contributed by atoms with Crippen LogP contribution in [0.1, 0.15) is 43.7 Å². The van der Waals surface area contributed by atoms with Gasteiger partial charge in [-0.15, -0.1) is 0 Å². The van der Waals surface area contributed by atoms with Gasteiger partial charge in [0.2, 0.25) is 21.9 Å². The second-order valence-electron chi connectivity index (χ2n) is 8.15. The Morgan fingerprint density at radius 3 is 2.58 bits per heavy atom. The molecule has 1 N–H and O–H groups in total. The summed E-state index contributed by atoms with van der Waals surface area (Å²) in [5.41, 5.74) is -0.568. The molecule has 1 saturated heterocycles.